The van der Waals surface area contributed by atoms with Crippen LogP contribution in [0.3, 0.4) is 0 Å². The SMILES string of the molecule is [CH2]C(N)CCCOC. The third-order valence-electron chi connectivity index (χ3n) is 0.923. The van der Waals surface area contributed by atoms with Gasteiger partial charge in [-0.25, -0.2) is 0 Å². The predicted octanol–water partition coefficient (Wildman–Crippen LogP) is 0.574. The van der Waals surface area contributed by atoms with Crippen molar-refractivity contribution in [3.05, 3.63) is 6.92 Å². The van der Waals surface area contributed by atoms with Gasteiger partial charge in [-0.1, -0.05) is 0 Å². The van der Waals surface area contributed by atoms with Crippen LogP contribution >= 0.6 is 0 Å². The summed E-state index contributed by atoms with van der Waals surface area (Å²) in [7, 11) is 1.69. The molecule has 2 heteroatoms. The van der Waals surface area contributed by atoms with Crippen molar-refractivity contribution >= 4 is 0 Å². The third kappa shape index (κ3) is 5.92. The zero-order valence-corrected chi connectivity index (χ0v) is 5.39. The Balaban J connectivity index is 2.72. The van der Waals surface area contributed by atoms with Crippen LogP contribution in [-0.4, -0.2) is 19.8 Å². The van der Waals surface area contributed by atoms with E-state index in [0.717, 1.165) is 19.4 Å². The van der Waals surface area contributed by atoms with Crippen LogP contribution in [0.4, 0.5) is 0 Å². The first-order valence-corrected chi connectivity index (χ1v) is 2.85. The molecule has 0 bridgehead atoms. The summed E-state index contributed by atoms with van der Waals surface area (Å²) in [5.74, 6) is 0. The Morgan fingerprint density at radius 2 is 2.38 bits per heavy atom. The van der Waals surface area contributed by atoms with Crippen molar-refractivity contribution in [1.29, 1.82) is 0 Å². The predicted molar refractivity (Wildman–Crippen MR) is 34.4 cm³/mol. The number of methoxy groups -OCH3 is 1. The molecule has 0 aromatic carbocycles. The van der Waals surface area contributed by atoms with Gasteiger partial charge < -0.3 is 10.5 Å². The molecule has 1 radical (unpaired) electrons. The highest BCUT2D eigenvalue weighted by Gasteiger charge is 1.91. The summed E-state index contributed by atoms with van der Waals surface area (Å²) in [6, 6.07) is 0.0742. The molecule has 1 unspecified atom stereocenters. The average Bonchev–Trinajstić information content (AvgIpc) is 1.66. The Labute approximate surface area is 51.0 Å². The van der Waals surface area contributed by atoms with Crippen molar-refractivity contribution in [3.63, 3.8) is 0 Å². The molecule has 0 amide bonds. The molecule has 0 aliphatic rings. The van der Waals surface area contributed by atoms with Gasteiger partial charge in [-0.2, -0.15) is 0 Å². The summed E-state index contributed by atoms with van der Waals surface area (Å²) in [5, 5.41) is 0. The lowest BCUT2D eigenvalue weighted by Crippen LogP contribution is -2.15. The maximum Gasteiger partial charge on any atom is 0.0462 e. The lowest BCUT2D eigenvalue weighted by Gasteiger charge is -2.01. The zero-order chi connectivity index (χ0) is 6.41. The number of hydrogen-bond donors (Lipinski definition) is 1. The minimum Gasteiger partial charge on any atom is -0.385 e. The topological polar surface area (TPSA) is 35.2 Å². The molecule has 2 N–H and O–H groups in total. The first-order chi connectivity index (χ1) is 3.77. The van der Waals surface area contributed by atoms with Gasteiger partial charge in [0.15, 0.2) is 0 Å². The summed E-state index contributed by atoms with van der Waals surface area (Å²) >= 11 is 0. The van der Waals surface area contributed by atoms with Gasteiger partial charge in [0.2, 0.25) is 0 Å². The Kier molecular flexibility index (Phi) is 5.01. The molecule has 2 nitrogen and oxygen atoms in total. The Morgan fingerprint density at radius 3 is 2.75 bits per heavy atom. The van der Waals surface area contributed by atoms with Crippen LogP contribution in [0.2, 0.25) is 0 Å². The number of hydrogen-bond acceptors (Lipinski definition) is 2. The van der Waals surface area contributed by atoms with Crippen molar-refractivity contribution in [2.45, 2.75) is 18.9 Å². The molecule has 8 heavy (non-hydrogen) atoms. The van der Waals surface area contributed by atoms with Crippen LogP contribution < -0.4 is 5.73 Å². The van der Waals surface area contributed by atoms with E-state index in [2.05, 4.69) is 6.92 Å². The van der Waals surface area contributed by atoms with Crippen molar-refractivity contribution in [2.24, 2.45) is 5.73 Å². The second-order valence-electron chi connectivity index (χ2n) is 1.90. The molecule has 0 aromatic heterocycles. The van der Waals surface area contributed by atoms with Crippen molar-refractivity contribution < 1.29 is 4.74 Å². The van der Waals surface area contributed by atoms with Crippen LogP contribution in [-0.2, 0) is 4.74 Å². The number of ether oxygens (including phenoxy) is 1. The summed E-state index contributed by atoms with van der Waals surface area (Å²) in [4.78, 5) is 0. The van der Waals surface area contributed by atoms with E-state index in [1.54, 1.807) is 7.11 Å². The molecular formula is C6H14NO. The maximum atomic E-state index is 5.37. The Morgan fingerprint density at radius 1 is 1.75 bits per heavy atom. The van der Waals surface area contributed by atoms with Crippen LogP contribution in [0.15, 0.2) is 0 Å². The van der Waals surface area contributed by atoms with Gasteiger partial charge in [0.05, 0.1) is 0 Å². The second kappa shape index (κ2) is 5.06. The molecular weight excluding hydrogens is 102 g/mol. The molecule has 0 aromatic rings. The van der Waals surface area contributed by atoms with Crippen LogP contribution in [0, 0.1) is 6.92 Å². The maximum absolute atomic E-state index is 5.37. The van der Waals surface area contributed by atoms with Gasteiger partial charge >= 0.3 is 0 Å². The number of nitrogens with two attached hydrogens (primary N) is 1. The van der Waals surface area contributed by atoms with Crippen LogP contribution in [0.1, 0.15) is 12.8 Å². The van der Waals surface area contributed by atoms with Gasteiger partial charge in [0, 0.05) is 19.8 Å². The number of rotatable bonds is 4. The van der Waals surface area contributed by atoms with Gasteiger partial charge in [-0.15, -0.1) is 0 Å². The van der Waals surface area contributed by atoms with Crippen LogP contribution in [0.25, 0.3) is 0 Å². The summed E-state index contributed by atoms with van der Waals surface area (Å²) in [6.45, 7) is 4.43. The van der Waals surface area contributed by atoms with Gasteiger partial charge in [-0.3, -0.25) is 0 Å². The smallest absolute Gasteiger partial charge is 0.0462 e. The highest BCUT2D eigenvalue weighted by atomic mass is 16.5. The lowest BCUT2D eigenvalue weighted by atomic mass is 10.2. The largest absolute Gasteiger partial charge is 0.385 e. The summed E-state index contributed by atoms with van der Waals surface area (Å²) in [6.07, 6.45) is 1.97. The first-order valence-electron chi connectivity index (χ1n) is 2.85. The van der Waals surface area contributed by atoms with E-state index in [4.69, 9.17) is 10.5 Å². The monoisotopic (exact) mass is 116 g/mol. The molecule has 0 rings (SSSR count). The fourth-order valence-corrected chi connectivity index (χ4v) is 0.490. The minimum absolute atomic E-state index is 0.0742. The minimum atomic E-state index is 0.0742. The molecule has 0 aliphatic heterocycles. The fourth-order valence-electron chi connectivity index (χ4n) is 0.490. The van der Waals surface area contributed by atoms with Gasteiger partial charge in [0.25, 0.3) is 0 Å². The standard InChI is InChI=1S/C6H14NO/c1-6(7)4-3-5-8-2/h6H,1,3-5,7H2,2H3. The summed E-state index contributed by atoms with van der Waals surface area (Å²) < 4.78 is 4.81. The fraction of sp³-hybridized carbons (Fsp3) is 0.833. The van der Waals surface area contributed by atoms with E-state index in [1.807, 2.05) is 0 Å². The molecule has 0 spiro atoms. The van der Waals surface area contributed by atoms with E-state index in [1.165, 1.54) is 0 Å². The first kappa shape index (κ1) is 7.92. The normalized spacial score (nSPS) is 13.9. The van der Waals surface area contributed by atoms with E-state index >= 15 is 0 Å². The van der Waals surface area contributed by atoms with Crippen molar-refractivity contribution in [1.82, 2.24) is 0 Å². The lowest BCUT2D eigenvalue weighted by molar-refractivity contribution is 0.192. The molecule has 0 saturated heterocycles. The van der Waals surface area contributed by atoms with Crippen LogP contribution in [0.5, 0.6) is 0 Å². The quantitative estimate of drug-likeness (QED) is 0.545. The second-order valence-corrected chi connectivity index (χ2v) is 1.90. The van der Waals surface area contributed by atoms with E-state index in [-0.39, 0.29) is 6.04 Å². The summed E-state index contributed by atoms with van der Waals surface area (Å²) in [5.41, 5.74) is 5.37. The highest BCUT2D eigenvalue weighted by molar-refractivity contribution is 4.61. The Bertz CT molecular complexity index is 45.8. The van der Waals surface area contributed by atoms with Gasteiger partial charge in [-0.05, 0) is 19.8 Å². The van der Waals surface area contributed by atoms with Gasteiger partial charge in [0.1, 0.15) is 0 Å². The molecule has 0 aliphatic carbocycles. The molecule has 49 valence electrons. The van der Waals surface area contributed by atoms with E-state index in [0.29, 0.717) is 0 Å². The molecule has 0 saturated carbocycles. The molecule has 1 atom stereocenters. The van der Waals surface area contributed by atoms with Crippen molar-refractivity contribution in [3.8, 4) is 0 Å². The molecule has 0 fully saturated rings. The van der Waals surface area contributed by atoms with E-state index < -0.39 is 0 Å². The van der Waals surface area contributed by atoms with Crippen molar-refractivity contribution in [2.75, 3.05) is 13.7 Å². The average molecular weight is 116 g/mol. The van der Waals surface area contributed by atoms with E-state index in [9.17, 15) is 0 Å². The third-order valence-corrected chi connectivity index (χ3v) is 0.923. The highest BCUT2D eigenvalue weighted by Crippen LogP contribution is 1.91. The zero-order valence-electron chi connectivity index (χ0n) is 5.39. The molecule has 0 heterocycles. The Hall–Kier alpha value is -0.0800.